The van der Waals surface area contributed by atoms with Gasteiger partial charge in [-0.25, -0.2) is 4.39 Å². The van der Waals surface area contributed by atoms with Crippen LogP contribution in [0.25, 0.3) is 0 Å². The van der Waals surface area contributed by atoms with Gasteiger partial charge in [0.05, 0.1) is 0 Å². The average Bonchev–Trinajstić information content (AvgIpc) is 2.12. The number of halogens is 1. The van der Waals surface area contributed by atoms with E-state index in [-0.39, 0.29) is 6.04 Å². The number of hydrogen-bond acceptors (Lipinski definition) is 1. The van der Waals surface area contributed by atoms with E-state index < -0.39 is 6.17 Å². The molecule has 1 aliphatic rings. The first kappa shape index (κ1) is 7.00. The summed E-state index contributed by atoms with van der Waals surface area (Å²) in [5, 5.41) is 0. The number of likely N-dealkylation sites (tertiary alicyclic amines) is 1. The first-order chi connectivity index (χ1) is 4.25. The summed E-state index contributed by atoms with van der Waals surface area (Å²) in [5.74, 6) is 0. The minimum Gasteiger partial charge on any atom is -0.300 e. The zero-order valence-electron chi connectivity index (χ0n) is 6.10. The fraction of sp³-hybridized carbons (Fsp3) is 1.00. The van der Waals surface area contributed by atoms with Gasteiger partial charge < -0.3 is 4.90 Å². The maximum Gasteiger partial charge on any atom is 0.117 e. The zero-order chi connectivity index (χ0) is 6.85. The van der Waals surface area contributed by atoms with Gasteiger partial charge in [0, 0.05) is 12.6 Å². The van der Waals surface area contributed by atoms with Gasteiger partial charge in [-0.2, -0.15) is 0 Å². The normalized spacial score (nSPS) is 37.7. The molecule has 1 aliphatic heterocycles. The molecule has 0 amide bonds. The second-order valence-corrected chi connectivity index (χ2v) is 2.76. The summed E-state index contributed by atoms with van der Waals surface area (Å²) >= 11 is 0. The smallest absolute Gasteiger partial charge is 0.117 e. The molecule has 2 atom stereocenters. The molecular weight excluding hydrogens is 117 g/mol. The molecule has 0 bridgehead atoms. The lowest BCUT2D eigenvalue weighted by Crippen LogP contribution is -2.29. The van der Waals surface area contributed by atoms with Crippen molar-refractivity contribution >= 4 is 0 Å². The third kappa shape index (κ3) is 1.23. The third-order valence-corrected chi connectivity index (χ3v) is 2.16. The highest BCUT2D eigenvalue weighted by atomic mass is 19.1. The second kappa shape index (κ2) is 2.65. The molecular formula is C7H14FN. The minimum atomic E-state index is -0.569. The van der Waals surface area contributed by atoms with Crippen LogP contribution in [0.4, 0.5) is 4.39 Å². The van der Waals surface area contributed by atoms with E-state index in [1.807, 2.05) is 14.0 Å². The van der Waals surface area contributed by atoms with Crippen molar-refractivity contribution in [2.24, 2.45) is 0 Å². The predicted octanol–water partition coefficient (Wildman–Crippen LogP) is 1.44. The second-order valence-electron chi connectivity index (χ2n) is 2.76. The molecule has 0 saturated carbocycles. The quantitative estimate of drug-likeness (QED) is 0.520. The van der Waals surface area contributed by atoms with Crippen LogP contribution >= 0.6 is 0 Å². The Labute approximate surface area is 55.8 Å². The first-order valence-corrected chi connectivity index (χ1v) is 3.60. The standard InChI is InChI=1S/C7H14FN/c1-3-7-6(8)4-5-9(7)2/h6-7H,3-5H2,1-2H3. The summed E-state index contributed by atoms with van der Waals surface area (Å²) in [6.45, 7) is 2.97. The zero-order valence-corrected chi connectivity index (χ0v) is 6.10. The molecule has 1 rings (SSSR count). The van der Waals surface area contributed by atoms with E-state index in [0.717, 1.165) is 19.4 Å². The molecule has 0 spiro atoms. The van der Waals surface area contributed by atoms with E-state index in [9.17, 15) is 4.39 Å². The summed E-state index contributed by atoms with van der Waals surface area (Å²) in [4.78, 5) is 2.10. The number of nitrogens with zero attached hydrogens (tertiary/aromatic N) is 1. The molecule has 2 unspecified atom stereocenters. The molecule has 1 fully saturated rings. The van der Waals surface area contributed by atoms with Crippen molar-refractivity contribution in [1.29, 1.82) is 0 Å². The predicted molar refractivity (Wildman–Crippen MR) is 36.2 cm³/mol. The molecule has 0 N–H and O–H groups in total. The van der Waals surface area contributed by atoms with Crippen LogP contribution in [-0.2, 0) is 0 Å². The number of rotatable bonds is 1. The van der Waals surface area contributed by atoms with Crippen molar-refractivity contribution in [3.63, 3.8) is 0 Å². The fourth-order valence-electron chi connectivity index (χ4n) is 1.53. The van der Waals surface area contributed by atoms with Crippen LogP contribution in [0, 0.1) is 0 Å². The first-order valence-electron chi connectivity index (χ1n) is 3.60. The monoisotopic (exact) mass is 131 g/mol. The Balaban J connectivity index is 2.44. The topological polar surface area (TPSA) is 3.24 Å². The average molecular weight is 131 g/mol. The summed E-state index contributed by atoms with van der Waals surface area (Å²) < 4.78 is 12.8. The largest absolute Gasteiger partial charge is 0.300 e. The molecule has 0 aliphatic carbocycles. The van der Waals surface area contributed by atoms with E-state index in [1.165, 1.54) is 0 Å². The molecule has 1 nitrogen and oxygen atoms in total. The number of hydrogen-bond donors (Lipinski definition) is 0. The molecule has 1 heterocycles. The highest BCUT2D eigenvalue weighted by Gasteiger charge is 2.29. The maximum absolute atomic E-state index is 12.8. The van der Waals surface area contributed by atoms with Crippen molar-refractivity contribution in [2.75, 3.05) is 13.6 Å². The Morgan fingerprint density at radius 2 is 2.33 bits per heavy atom. The van der Waals surface area contributed by atoms with Gasteiger partial charge in [0.1, 0.15) is 6.17 Å². The summed E-state index contributed by atoms with van der Waals surface area (Å²) in [7, 11) is 1.99. The van der Waals surface area contributed by atoms with E-state index in [1.54, 1.807) is 0 Å². The molecule has 1 saturated heterocycles. The van der Waals surface area contributed by atoms with Gasteiger partial charge in [-0.3, -0.25) is 0 Å². The molecule has 0 aromatic heterocycles. The van der Waals surface area contributed by atoms with Crippen LogP contribution in [0.15, 0.2) is 0 Å². The van der Waals surface area contributed by atoms with E-state index >= 15 is 0 Å². The van der Waals surface area contributed by atoms with E-state index in [4.69, 9.17) is 0 Å². The minimum absolute atomic E-state index is 0.199. The molecule has 9 heavy (non-hydrogen) atoms. The van der Waals surface area contributed by atoms with Gasteiger partial charge in [0.25, 0.3) is 0 Å². The lowest BCUT2D eigenvalue weighted by Gasteiger charge is -2.18. The van der Waals surface area contributed by atoms with Gasteiger partial charge in [0.2, 0.25) is 0 Å². The van der Waals surface area contributed by atoms with Gasteiger partial charge in [-0.05, 0) is 19.9 Å². The van der Waals surface area contributed by atoms with Crippen LogP contribution in [-0.4, -0.2) is 30.7 Å². The maximum atomic E-state index is 12.8. The van der Waals surface area contributed by atoms with Crippen molar-refractivity contribution in [3.8, 4) is 0 Å². The van der Waals surface area contributed by atoms with Crippen molar-refractivity contribution < 1.29 is 4.39 Å². The molecule has 54 valence electrons. The fourth-order valence-corrected chi connectivity index (χ4v) is 1.53. The van der Waals surface area contributed by atoms with Gasteiger partial charge in [-0.1, -0.05) is 6.92 Å². The summed E-state index contributed by atoms with van der Waals surface area (Å²) in [5.41, 5.74) is 0. The van der Waals surface area contributed by atoms with Crippen LogP contribution in [0.1, 0.15) is 19.8 Å². The van der Waals surface area contributed by atoms with E-state index in [0.29, 0.717) is 0 Å². The van der Waals surface area contributed by atoms with Crippen molar-refractivity contribution in [3.05, 3.63) is 0 Å². The Morgan fingerprint density at radius 1 is 1.67 bits per heavy atom. The molecule has 0 aromatic carbocycles. The van der Waals surface area contributed by atoms with Crippen LogP contribution in [0.2, 0.25) is 0 Å². The molecule has 2 heteroatoms. The van der Waals surface area contributed by atoms with E-state index in [2.05, 4.69) is 4.90 Å². The molecule has 0 aromatic rings. The van der Waals surface area contributed by atoms with Gasteiger partial charge in [0.15, 0.2) is 0 Å². The third-order valence-electron chi connectivity index (χ3n) is 2.16. The SMILES string of the molecule is CCC1C(F)CCN1C. The van der Waals surface area contributed by atoms with Crippen molar-refractivity contribution in [2.45, 2.75) is 32.0 Å². The van der Waals surface area contributed by atoms with Crippen molar-refractivity contribution in [1.82, 2.24) is 4.90 Å². The van der Waals surface area contributed by atoms with Crippen LogP contribution < -0.4 is 0 Å². The Morgan fingerprint density at radius 3 is 2.56 bits per heavy atom. The molecule has 0 radical (unpaired) electrons. The summed E-state index contributed by atoms with van der Waals surface area (Å²) in [6.07, 6.45) is 1.10. The van der Waals surface area contributed by atoms with Gasteiger partial charge >= 0.3 is 0 Å². The summed E-state index contributed by atoms with van der Waals surface area (Å²) in [6, 6.07) is 0.199. The lowest BCUT2D eigenvalue weighted by molar-refractivity contribution is 0.217. The lowest BCUT2D eigenvalue weighted by atomic mass is 10.1. The Kier molecular flexibility index (Phi) is 2.06. The highest BCUT2D eigenvalue weighted by Crippen LogP contribution is 2.20. The highest BCUT2D eigenvalue weighted by molar-refractivity contribution is 4.83. The van der Waals surface area contributed by atoms with Crippen LogP contribution in [0.3, 0.4) is 0 Å². The number of alkyl halides is 1. The Bertz CT molecular complexity index is 84.9. The van der Waals surface area contributed by atoms with Gasteiger partial charge in [-0.15, -0.1) is 0 Å². The van der Waals surface area contributed by atoms with Crippen LogP contribution in [0.5, 0.6) is 0 Å². The Hall–Kier alpha value is -0.110.